The third-order valence-electron chi connectivity index (χ3n) is 4.13. The van der Waals surface area contributed by atoms with Gasteiger partial charge in [-0.2, -0.15) is 5.10 Å². The van der Waals surface area contributed by atoms with Gasteiger partial charge in [0, 0.05) is 29.9 Å². The van der Waals surface area contributed by atoms with E-state index in [-0.39, 0.29) is 23.4 Å². The van der Waals surface area contributed by atoms with Gasteiger partial charge in [0.05, 0.1) is 11.8 Å². The standard InChI is InChI=1S/C16H20N4O2/c1-9(2)15-12(5-6-14(21)19-15)16(22)18-11-4-3-10-8-17-20-13(10)7-11/h5-6,8-9,11H,3-4,7H2,1-2H3,(H,17,20)(H,18,22)(H,19,21). The highest BCUT2D eigenvalue weighted by atomic mass is 16.2. The summed E-state index contributed by atoms with van der Waals surface area (Å²) in [6.07, 6.45) is 4.44. The van der Waals surface area contributed by atoms with E-state index in [0.29, 0.717) is 11.3 Å². The monoisotopic (exact) mass is 300 g/mol. The van der Waals surface area contributed by atoms with Gasteiger partial charge in [-0.15, -0.1) is 0 Å². The number of H-pyrrole nitrogens is 2. The van der Waals surface area contributed by atoms with E-state index in [0.717, 1.165) is 25.0 Å². The summed E-state index contributed by atoms with van der Waals surface area (Å²) in [4.78, 5) is 26.8. The molecular formula is C16H20N4O2. The number of fused-ring (bicyclic) bond motifs is 1. The summed E-state index contributed by atoms with van der Waals surface area (Å²) in [5.74, 6) is -0.0480. The summed E-state index contributed by atoms with van der Waals surface area (Å²) in [5, 5.41) is 10.1. The van der Waals surface area contributed by atoms with Crippen LogP contribution in [0.2, 0.25) is 0 Å². The van der Waals surface area contributed by atoms with Gasteiger partial charge in [0.15, 0.2) is 0 Å². The van der Waals surface area contributed by atoms with Gasteiger partial charge in [0.25, 0.3) is 5.91 Å². The second-order valence-corrected chi connectivity index (χ2v) is 6.09. The molecule has 0 aliphatic heterocycles. The third-order valence-corrected chi connectivity index (χ3v) is 4.13. The van der Waals surface area contributed by atoms with Crippen LogP contribution >= 0.6 is 0 Å². The van der Waals surface area contributed by atoms with Crippen LogP contribution < -0.4 is 10.9 Å². The van der Waals surface area contributed by atoms with E-state index < -0.39 is 0 Å². The van der Waals surface area contributed by atoms with Crippen LogP contribution in [-0.4, -0.2) is 27.1 Å². The molecule has 6 nitrogen and oxygen atoms in total. The molecule has 1 amide bonds. The Morgan fingerprint density at radius 1 is 1.41 bits per heavy atom. The molecule has 0 saturated carbocycles. The number of amides is 1. The van der Waals surface area contributed by atoms with Crippen molar-refractivity contribution in [2.45, 2.75) is 45.1 Å². The molecule has 0 spiro atoms. The van der Waals surface area contributed by atoms with E-state index in [1.165, 1.54) is 11.6 Å². The lowest BCUT2D eigenvalue weighted by Gasteiger charge is -2.23. The second kappa shape index (κ2) is 5.79. The number of aromatic nitrogens is 3. The fraction of sp³-hybridized carbons (Fsp3) is 0.438. The minimum Gasteiger partial charge on any atom is -0.349 e. The summed E-state index contributed by atoms with van der Waals surface area (Å²) in [7, 11) is 0. The first-order valence-electron chi connectivity index (χ1n) is 7.60. The van der Waals surface area contributed by atoms with Crippen LogP contribution in [0.5, 0.6) is 0 Å². The van der Waals surface area contributed by atoms with Gasteiger partial charge in [-0.1, -0.05) is 13.8 Å². The Balaban J connectivity index is 1.77. The van der Waals surface area contributed by atoms with E-state index in [1.54, 1.807) is 6.07 Å². The molecule has 0 fully saturated rings. The number of hydrogen-bond acceptors (Lipinski definition) is 3. The molecule has 1 aliphatic carbocycles. The second-order valence-electron chi connectivity index (χ2n) is 6.09. The zero-order valence-electron chi connectivity index (χ0n) is 12.8. The average molecular weight is 300 g/mol. The van der Waals surface area contributed by atoms with Crippen molar-refractivity contribution in [2.75, 3.05) is 0 Å². The summed E-state index contributed by atoms with van der Waals surface area (Å²) < 4.78 is 0. The van der Waals surface area contributed by atoms with E-state index >= 15 is 0 Å². The van der Waals surface area contributed by atoms with Crippen molar-refractivity contribution in [2.24, 2.45) is 0 Å². The Hall–Kier alpha value is -2.37. The normalized spacial score (nSPS) is 17.3. The Bertz CT molecular complexity index is 745. The van der Waals surface area contributed by atoms with E-state index in [1.807, 2.05) is 20.0 Å². The summed E-state index contributed by atoms with van der Waals surface area (Å²) in [6, 6.07) is 3.09. The maximum Gasteiger partial charge on any atom is 0.253 e. The van der Waals surface area contributed by atoms with Gasteiger partial charge in [-0.05, 0) is 30.4 Å². The van der Waals surface area contributed by atoms with Gasteiger partial charge < -0.3 is 10.3 Å². The Morgan fingerprint density at radius 2 is 2.23 bits per heavy atom. The molecule has 0 bridgehead atoms. The van der Waals surface area contributed by atoms with E-state index in [4.69, 9.17) is 0 Å². The number of nitrogens with one attached hydrogen (secondary N) is 3. The highest BCUT2D eigenvalue weighted by Crippen LogP contribution is 2.20. The molecule has 2 aromatic rings. The smallest absolute Gasteiger partial charge is 0.253 e. The quantitative estimate of drug-likeness (QED) is 0.802. The molecule has 1 atom stereocenters. The molecular weight excluding hydrogens is 280 g/mol. The van der Waals surface area contributed by atoms with Crippen molar-refractivity contribution in [3.8, 4) is 0 Å². The number of pyridine rings is 1. The van der Waals surface area contributed by atoms with Crippen LogP contribution in [0.25, 0.3) is 0 Å². The SMILES string of the molecule is CC(C)c1[nH]c(=O)ccc1C(=O)NC1CCc2cn[nH]c2C1. The Morgan fingerprint density at radius 3 is 3.00 bits per heavy atom. The Labute approximate surface area is 128 Å². The molecule has 3 N–H and O–H groups in total. The first-order chi connectivity index (χ1) is 10.5. The predicted molar refractivity (Wildman–Crippen MR) is 83.0 cm³/mol. The van der Waals surface area contributed by atoms with Gasteiger partial charge in [-0.3, -0.25) is 14.7 Å². The molecule has 2 aromatic heterocycles. The number of hydrogen-bond donors (Lipinski definition) is 3. The zero-order valence-corrected chi connectivity index (χ0v) is 12.8. The summed E-state index contributed by atoms with van der Waals surface area (Å²) in [5.41, 5.74) is 3.38. The first-order valence-corrected chi connectivity index (χ1v) is 7.60. The molecule has 0 radical (unpaired) electrons. The fourth-order valence-corrected chi connectivity index (χ4v) is 2.94. The van der Waals surface area contributed by atoms with E-state index in [2.05, 4.69) is 20.5 Å². The topological polar surface area (TPSA) is 90.6 Å². The van der Waals surface area contributed by atoms with Crippen molar-refractivity contribution < 1.29 is 4.79 Å². The number of rotatable bonds is 3. The van der Waals surface area contributed by atoms with Crippen molar-refractivity contribution in [3.63, 3.8) is 0 Å². The van der Waals surface area contributed by atoms with Gasteiger partial charge in [-0.25, -0.2) is 0 Å². The van der Waals surface area contributed by atoms with Crippen molar-refractivity contribution in [1.29, 1.82) is 0 Å². The number of aryl methyl sites for hydroxylation is 1. The van der Waals surface area contributed by atoms with Gasteiger partial charge in [0.2, 0.25) is 5.56 Å². The molecule has 3 rings (SSSR count). The molecule has 1 unspecified atom stereocenters. The van der Waals surface area contributed by atoms with Crippen LogP contribution in [0.1, 0.15) is 53.5 Å². The predicted octanol–water partition coefficient (Wildman–Crippen LogP) is 1.51. The largest absolute Gasteiger partial charge is 0.349 e. The first kappa shape index (κ1) is 14.6. The molecule has 22 heavy (non-hydrogen) atoms. The minimum absolute atomic E-state index is 0.0835. The molecule has 0 saturated heterocycles. The highest BCUT2D eigenvalue weighted by Gasteiger charge is 2.23. The molecule has 0 aromatic carbocycles. The zero-order chi connectivity index (χ0) is 15.7. The average Bonchev–Trinajstić information content (AvgIpc) is 2.94. The lowest BCUT2D eigenvalue weighted by Crippen LogP contribution is -2.39. The third kappa shape index (κ3) is 2.81. The van der Waals surface area contributed by atoms with Crippen LogP contribution in [0.4, 0.5) is 0 Å². The van der Waals surface area contributed by atoms with E-state index in [9.17, 15) is 9.59 Å². The molecule has 116 valence electrons. The lowest BCUT2D eigenvalue weighted by molar-refractivity contribution is 0.0931. The van der Waals surface area contributed by atoms with Gasteiger partial charge in [0.1, 0.15) is 0 Å². The maximum atomic E-state index is 12.5. The summed E-state index contributed by atoms with van der Waals surface area (Å²) >= 11 is 0. The number of carbonyl (C=O) groups excluding carboxylic acids is 1. The fourth-order valence-electron chi connectivity index (χ4n) is 2.94. The molecule has 6 heteroatoms. The molecule has 2 heterocycles. The van der Waals surface area contributed by atoms with Crippen LogP contribution in [-0.2, 0) is 12.8 Å². The number of carbonyl (C=O) groups is 1. The number of nitrogens with zero attached hydrogens (tertiary/aromatic N) is 1. The Kier molecular flexibility index (Phi) is 3.83. The van der Waals surface area contributed by atoms with Crippen molar-refractivity contribution in [3.05, 3.63) is 51.2 Å². The van der Waals surface area contributed by atoms with Crippen LogP contribution in [0, 0.1) is 0 Å². The highest BCUT2D eigenvalue weighted by molar-refractivity contribution is 5.95. The van der Waals surface area contributed by atoms with Gasteiger partial charge >= 0.3 is 0 Å². The van der Waals surface area contributed by atoms with Crippen molar-refractivity contribution in [1.82, 2.24) is 20.5 Å². The minimum atomic E-state index is -0.181. The van der Waals surface area contributed by atoms with Crippen LogP contribution in [0.15, 0.2) is 23.1 Å². The molecule has 1 aliphatic rings. The van der Waals surface area contributed by atoms with Crippen molar-refractivity contribution >= 4 is 5.91 Å². The summed E-state index contributed by atoms with van der Waals surface area (Å²) in [6.45, 7) is 3.92. The maximum absolute atomic E-state index is 12.5. The lowest BCUT2D eigenvalue weighted by atomic mass is 9.93. The number of aromatic amines is 2. The van der Waals surface area contributed by atoms with Crippen LogP contribution in [0.3, 0.4) is 0 Å².